The van der Waals surface area contributed by atoms with Crippen LogP contribution < -0.4 is 10.4 Å². The highest BCUT2D eigenvalue weighted by Gasteiger charge is 2.25. The first-order chi connectivity index (χ1) is 10.8. The van der Waals surface area contributed by atoms with E-state index in [-0.39, 0.29) is 22.5 Å². The van der Waals surface area contributed by atoms with Crippen molar-refractivity contribution in [3.63, 3.8) is 0 Å². The number of carbonyl (C=O) groups excluding carboxylic acids is 1. The number of nitrogens with zero attached hydrogens (tertiary/aromatic N) is 1. The number of sulfonamides is 1. The minimum Gasteiger partial charge on any atom is -0.343 e. The maximum absolute atomic E-state index is 12.5. The zero-order chi connectivity index (χ0) is 16.6. The summed E-state index contributed by atoms with van der Waals surface area (Å²) >= 11 is 0. The van der Waals surface area contributed by atoms with E-state index in [1.54, 1.807) is 11.0 Å². The summed E-state index contributed by atoms with van der Waals surface area (Å²) in [5.74, 6) is 0.00757. The Hall–Kier alpha value is -2.13. The summed E-state index contributed by atoms with van der Waals surface area (Å²) in [5.41, 5.74) is 0.632. The number of imidazole rings is 1. The van der Waals surface area contributed by atoms with E-state index in [4.69, 9.17) is 0 Å². The van der Waals surface area contributed by atoms with Gasteiger partial charge in [-0.3, -0.25) is 4.79 Å². The third kappa shape index (κ3) is 3.30. The first-order valence-electron chi connectivity index (χ1n) is 7.35. The topological polar surface area (TPSA) is 115 Å². The summed E-state index contributed by atoms with van der Waals surface area (Å²) in [6.07, 6.45) is 1.17. The molecule has 3 rings (SSSR count). The Morgan fingerprint density at radius 3 is 2.52 bits per heavy atom. The molecule has 0 bridgehead atoms. The number of nitrogens with one attached hydrogen (secondary N) is 3. The fourth-order valence-corrected chi connectivity index (χ4v) is 4.11. The minimum atomic E-state index is -3.67. The van der Waals surface area contributed by atoms with Gasteiger partial charge in [0.2, 0.25) is 15.9 Å². The molecule has 23 heavy (non-hydrogen) atoms. The SMILES string of the molecule is CC(=O)N1CCC(NS(=O)(=O)c2ccc3[nH]c(=O)[nH]c3c2)CC1. The molecular weight excluding hydrogens is 320 g/mol. The second kappa shape index (κ2) is 5.82. The Morgan fingerprint density at radius 2 is 1.87 bits per heavy atom. The van der Waals surface area contributed by atoms with E-state index in [9.17, 15) is 18.0 Å². The maximum atomic E-state index is 12.5. The van der Waals surface area contributed by atoms with E-state index in [1.807, 2.05) is 0 Å². The number of hydrogen-bond donors (Lipinski definition) is 3. The monoisotopic (exact) mass is 338 g/mol. The second-order valence-corrected chi connectivity index (χ2v) is 7.40. The summed E-state index contributed by atoms with van der Waals surface area (Å²) < 4.78 is 27.6. The van der Waals surface area contributed by atoms with Crippen molar-refractivity contribution in [2.24, 2.45) is 0 Å². The van der Waals surface area contributed by atoms with Crippen LogP contribution in [0.3, 0.4) is 0 Å². The van der Waals surface area contributed by atoms with Crippen molar-refractivity contribution in [2.75, 3.05) is 13.1 Å². The highest BCUT2D eigenvalue weighted by molar-refractivity contribution is 7.89. The smallest absolute Gasteiger partial charge is 0.323 e. The average Bonchev–Trinajstić information content (AvgIpc) is 2.86. The number of benzene rings is 1. The first kappa shape index (κ1) is 15.8. The van der Waals surface area contributed by atoms with Crippen molar-refractivity contribution in [3.05, 3.63) is 28.7 Å². The number of fused-ring (bicyclic) bond motifs is 1. The molecule has 1 fully saturated rings. The fourth-order valence-electron chi connectivity index (χ4n) is 2.78. The van der Waals surface area contributed by atoms with Crippen molar-refractivity contribution in [1.29, 1.82) is 0 Å². The molecule has 1 aromatic heterocycles. The average molecular weight is 338 g/mol. The van der Waals surface area contributed by atoms with Crippen molar-refractivity contribution >= 4 is 27.0 Å². The van der Waals surface area contributed by atoms with Gasteiger partial charge in [-0.15, -0.1) is 0 Å². The van der Waals surface area contributed by atoms with Crippen LogP contribution in [0, 0.1) is 0 Å². The summed E-state index contributed by atoms with van der Waals surface area (Å²) in [6.45, 7) is 2.61. The molecule has 0 unspecified atom stereocenters. The Morgan fingerprint density at radius 1 is 1.22 bits per heavy atom. The standard InChI is InChI=1S/C14H18N4O4S/c1-9(19)18-6-4-10(5-7-18)17-23(21,22)11-2-3-12-13(8-11)16-14(20)15-12/h2-3,8,10,17H,4-7H2,1H3,(H2,15,16,20). The normalized spacial score (nSPS) is 16.8. The maximum Gasteiger partial charge on any atom is 0.323 e. The molecule has 0 aliphatic carbocycles. The van der Waals surface area contributed by atoms with Crippen LogP contribution in [-0.2, 0) is 14.8 Å². The van der Waals surface area contributed by atoms with Gasteiger partial charge in [0.25, 0.3) is 0 Å². The minimum absolute atomic E-state index is 0.00757. The number of amides is 1. The number of aromatic amines is 2. The molecule has 124 valence electrons. The first-order valence-corrected chi connectivity index (χ1v) is 8.83. The van der Waals surface area contributed by atoms with E-state index in [2.05, 4.69) is 14.7 Å². The van der Waals surface area contributed by atoms with Crippen LogP contribution in [0.5, 0.6) is 0 Å². The zero-order valence-electron chi connectivity index (χ0n) is 12.6. The quantitative estimate of drug-likeness (QED) is 0.738. The van der Waals surface area contributed by atoms with Gasteiger partial charge in [0.1, 0.15) is 0 Å². The van der Waals surface area contributed by atoms with E-state index in [1.165, 1.54) is 19.1 Å². The van der Waals surface area contributed by atoms with Crippen LogP contribution in [0.2, 0.25) is 0 Å². The molecule has 2 aromatic rings. The van der Waals surface area contributed by atoms with Crippen LogP contribution in [0.4, 0.5) is 0 Å². The Labute approximate surface area is 132 Å². The van der Waals surface area contributed by atoms with Crippen molar-refractivity contribution in [3.8, 4) is 0 Å². The molecule has 8 nitrogen and oxygen atoms in total. The molecule has 1 saturated heterocycles. The molecule has 9 heteroatoms. The summed E-state index contributed by atoms with van der Waals surface area (Å²) in [6, 6.07) is 4.25. The van der Waals surface area contributed by atoms with E-state index in [0.29, 0.717) is 37.0 Å². The number of aromatic nitrogens is 2. The van der Waals surface area contributed by atoms with Crippen LogP contribution in [-0.4, -0.2) is 48.3 Å². The Kier molecular flexibility index (Phi) is 3.99. The number of H-pyrrole nitrogens is 2. The number of carbonyl (C=O) groups is 1. The van der Waals surface area contributed by atoms with Gasteiger partial charge in [0.15, 0.2) is 0 Å². The van der Waals surface area contributed by atoms with Gasteiger partial charge >= 0.3 is 5.69 Å². The highest BCUT2D eigenvalue weighted by Crippen LogP contribution is 2.18. The van der Waals surface area contributed by atoms with Gasteiger partial charge in [-0.25, -0.2) is 17.9 Å². The molecule has 1 aliphatic heterocycles. The van der Waals surface area contributed by atoms with E-state index < -0.39 is 10.0 Å². The van der Waals surface area contributed by atoms with Crippen LogP contribution in [0.15, 0.2) is 27.9 Å². The lowest BCUT2D eigenvalue weighted by atomic mass is 10.1. The number of rotatable bonds is 3. The predicted octanol–water partition coefficient (Wildman–Crippen LogP) is 0.145. The van der Waals surface area contributed by atoms with Crippen LogP contribution in [0.25, 0.3) is 11.0 Å². The molecule has 1 amide bonds. The van der Waals surface area contributed by atoms with Crippen molar-refractivity contribution in [2.45, 2.75) is 30.7 Å². The van der Waals surface area contributed by atoms with Crippen molar-refractivity contribution < 1.29 is 13.2 Å². The fraction of sp³-hybridized carbons (Fsp3) is 0.429. The van der Waals surface area contributed by atoms with Gasteiger partial charge in [-0.2, -0.15) is 0 Å². The Bertz CT molecular complexity index is 891. The Balaban J connectivity index is 1.75. The largest absolute Gasteiger partial charge is 0.343 e. The van der Waals surface area contributed by atoms with Crippen LogP contribution >= 0.6 is 0 Å². The third-order valence-corrected chi connectivity index (χ3v) is 5.58. The van der Waals surface area contributed by atoms with Gasteiger partial charge in [-0.1, -0.05) is 0 Å². The molecular formula is C14H18N4O4S. The molecule has 0 spiro atoms. The van der Waals surface area contributed by atoms with Crippen LogP contribution in [0.1, 0.15) is 19.8 Å². The van der Waals surface area contributed by atoms with Gasteiger partial charge < -0.3 is 14.9 Å². The lowest BCUT2D eigenvalue weighted by Crippen LogP contribution is -2.45. The molecule has 0 radical (unpaired) electrons. The zero-order valence-corrected chi connectivity index (χ0v) is 13.4. The third-order valence-electron chi connectivity index (χ3n) is 4.06. The molecule has 0 atom stereocenters. The molecule has 1 aliphatic rings. The predicted molar refractivity (Wildman–Crippen MR) is 84.5 cm³/mol. The highest BCUT2D eigenvalue weighted by atomic mass is 32.2. The van der Waals surface area contributed by atoms with Crippen molar-refractivity contribution in [1.82, 2.24) is 19.6 Å². The summed E-state index contributed by atoms with van der Waals surface area (Å²) in [5, 5.41) is 0. The number of likely N-dealkylation sites (tertiary alicyclic amines) is 1. The molecule has 1 aromatic carbocycles. The summed E-state index contributed by atoms with van der Waals surface area (Å²) in [7, 11) is -3.67. The number of hydrogen-bond acceptors (Lipinski definition) is 4. The van der Waals surface area contributed by atoms with E-state index in [0.717, 1.165) is 0 Å². The number of piperidine rings is 1. The summed E-state index contributed by atoms with van der Waals surface area (Å²) in [4.78, 5) is 29.5. The molecule has 2 heterocycles. The van der Waals surface area contributed by atoms with Gasteiger partial charge in [-0.05, 0) is 31.0 Å². The molecule has 3 N–H and O–H groups in total. The van der Waals surface area contributed by atoms with Gasteiger partial charge in [0, 0.05) is 26.1 Å². The van der Waals surface area contributed by atoms with E-state index >= 15 is 0 Å². The van der Waals surface area contributed by atoms with Gasteiger partial charge in [0.05, 0.1) is 15.9 Å². The lowest BCUT2D eigenvalue weighted by molar-refractivity contribution is -0.129. The molecule has 0 saturated carbocycles. The lowest BCUT2D eigenvalue weighted by Gasteiger charge is -2.31. The second-order valence-electron chi connectivity index (χ2n) is 5.69.